The summed E-state index contributed by atoms with van der Waals surface area (Å²) < 4.78 is 1.08. The molecule has 1 N–H and O–H groups in total. The quantitative estimate of drug-likeness (QED) is 0.264. The van der Waals surface area contributed by atoms with Gasteiger partial charge < -0.3 is 9.88 Å². The van der Waals surface area contributed by atoms with E-state index in [1.165, 1.54) is 6.42 Å². The number of amides is 1. The lowest BCUT2D eigenvalue weighted by atomic mass is 9.91. The number of carbonyl (C=O) groups excluding carboxylic acids is 2. The first-order chi connectivity index (χ1) is 16.2. The van der Waals surface area contributed by atoms with Gasteiger partial charge in [0.15, 0.2) is 5.78 Å². The molecule has 0 aliphatic carbocycles. The molecule has 5 heterocycles. The van der Waals surface area contributed by atoms with E-state index in [-0.39, 0.29) is 11.7 Å². The zero-order valence-electron chi connectivity index (χ0n) is 18.6. The van der Waals surface area contributed by atoms with E-state index in [9.17, 15) is 9.59 Å². The second-order valence-corrected chi connectivity index (χ2v) is 10.0. The number of H-pyrrole nitrogens is 1. The minimum absolute atomic E-state index is 0.0835. The zero-order valence-corrected chi connectivity index (χ0v) is 19.4. The third-order valence-electron chi connectivity index (χ3n) is 6.67. The number of pyridine rings is 2. The van der Waals surface area contributed by atoms with Gasteiger partial charge in [-0.1, -0.05) is 19.3 Å². The van der Waals surface area contributed by atoms with Crippen LogP contribution in [-0.2, 0) is 0 Å². The third kappa shape index (κ3) is 4.98. The Bertz CT molecular complexity index is 1200. The molecule has 1 aliphatic rings. The molecular formula is C26H28N4O2S. The second kappa shape index (κ2) is 9.83. The number of rotatable bonds is 8. The molecule has 0 radical (unpaired) electrons. The van der Waals surface area contributed by atoms with E-state index >= 15 is 0 Å². The average Bonchev–Trinajstić information content (AvgIpc) is 3.48. The van der Waals surface area contributed by atoms with Crippen LogP contribution in [-0.4, -0.2) is 44.6 Å². The number of carbonyl (C=O) groups is 2. The van der Waals surface area contributed by atoms with E-state index in [1.54, 1.807) is 29.9 Å². The number of aromatic amines is 1. The summed E-state index contributed by atoms with van der Waals surface area (Å²) in [5.74, 6) is 1.00. The number of nitrogens with zero attached hydrogens (tertiary/aromatic N) is 3. The number of nitrogens with one attached hydrogen (secondary N) is 1. The minimum atomic E-state index is 0.0835. The summed E-state index contributed by atoms with van der Waals surface area (Å²) >= 11 is 1.54. The molecule has 1 fully saturated rings. The summed E-state index contributed by atoms with van der Waals surface area (Å²) in [6.45, 7) is 1.63. The van der Waals surface area contributed by atoms with Crippen molar-refractivity contribution in [1.29, 1.82) is 0 Å². The second-order valence-electron chi connectivity index (χ2n) is 8.93. The van der Waals surface area contributed by atoms with Crippen molar-refractivity contribution in [2.75, 3.05) is 13.1 Å². The molecule has 5 rings (SSSR count). The Labute approximate surface area is 197 Å². The molecule has 0 saturated carbocycles. The molecule has 4 aromatic heterocycles. The molecular weight excluding hydrogens is 432 g/mol. The number of fused-ring (bicyclic) bond motifs is 2. The summed E-state index contributed by atoms with van der Waals surface area (Å²) in [4.78, 5) is 39.6. The minimum Gasteiger partial charge on any atom is -0.350 e. The van der Waals surface area contributed by atoms with Gasteiger partial charge in [0.05, 0.1) is 9.58 Å². The Morgan fingerprint density at radius 2 is 1.82 bits per heavy atom. The summed E-state index contributed by atoms with van der Waals surface area (Å²) in [5.41, 5.74) is 1.60. The highest BCUT2D eigenvalue weighted by atomic mass is 32.1. The highest BCUT2D eigenvalue weighted by molar-refractivity contribution is 7.20. The van der Waals surface area contributed by atoms with Crippen molar-refractivity contribution >= 4 is 44.0 Å². The first-order valence-electron chi connectivity index (χ1n) is 11.8. The molecule has 33 heavy (non-hydrogen) atoms. The highest BCUT2D eigenvalue weighted by Crippen LogP contribution is 2.27. The van der Waals surface area contributed by atoms with Crippen LogP contribution in [0.4, 0.5) is 0 Å². The van der Waals surface area contributed by atoms with Gasteiger partial charge in [-0.2, -0.15) is 0 Å². The molecule has 170 valence electrons. The van der Waals surface area contributed by atoms with Crippen LogP contribution in [0.25, 0.3) is 21.0 Å². The number of piperidine rings is 1. The van der Waals surface area contributed by atoms with Gasteiger partial charge in [0.1, 0.15) is 5.69 Å². The number of hydrogen-bond acceptors (Lipinski definition) is 5. The van der Waals surface area contributed by atoms with E-state index in [0.717, 1.165) is 71.1 Å². The monoisotopic (exact) mass is 460 g/mol. The van der Waals surface area contributed by atoms with Crippen molar-refractivity contribution in [1.82, 2.24) is 19.9 Å². The van der Waals surface area contributed by atoms with Crippen LogP contribution < -0.4 is 0 Å². The Morgan fingerprint density at radius 3 is 2.64 bits per heavy atom. The van der Waals surface area contributed by atoms with Crippen molar-refractivity contribution in [3.05, 3.63) is 59.6 Å². The van der Waals surface area contributed by atoms with E-state index in [0.29, 0.717) is 18.0 Å². The Kier molecular flexibility index (Phi) is 6.48. The fourth-order valence-corrected chi connectivity index (χ4v) is 5.72. The standard InChI is InChI=1S/C26H28N4O2S/c31-23(24-15-19-6-10-28-17-25(19)33-24)5-3-1-2-4-18-8-12-30(13-9-18)26(32)22-14-20-16-27-11-7-21(20)29-22/h6-7,10-11,14-18,29H,1-5,8-9,12-13H2. The maximum Gasteiger partial charge on any atom is 0.270 e. The van der Waals surface area contributed by atoms with E-state index < -0.39 is 0 Å². The van der Waals surface area contributed by atoms with Crippen molar-refractivity contribution < 1.29 is 9.59 Å². The lowest BCUT2D eigenvalue weighted by molar-refractivity contribution is 0.0680. The Balaban J connectivity index is 1.01. The van der Waals surface area contributed by atoms with Crippen LogP contribution in [0.5, 0.6) is 0 Å². The number of Topliss-reactive ketones (excluding diaryl/α,β-unsaturated/α-hetero) is 1. The molecule has 4 aromatic rings. The van der Waals surface area contributed by atoms with Gasteiger partial charge in [-0.15, -0.1) is 11.3 Å². The van der Waals surface area contributed by atoms with Crippen LogP contribution in [0.15, 0.2) is 49.1 Å². The van der Waals surface area contributed by atoms with Crippen LogP contribution in [0.2, 0.25) is 0 Å². The van der Waals surface area contributed by atoms with Gasteiger partial charge in [0.25, 0.3) is 5.91 Å². The fourth-order valence-electron chi connectivity index (χ4n) is 4.72. The fraction of sp³-hybridized carbons (Fsp3) is 0.385. The zero-order chi connectivity index (χ0) is 22.6. The number of unbranched alkanes of at least 4 members (excludes halogenated alkanes) is 2. The summed E-state index contributed by atoms with van der Waals surface area (Å²) in [6.07, 6.45) is 14.2. The molecule has 7 heteroatoms. The van der Waals surface area contributed by atoms with Crippen molar-refractivity contribution in [3.63, 3.8) is 0 Å². The smallest absolute Gasteiger partial charge is 0.270 e. The maximum atomic E-state index is 12.9. The Hall–Kier alpha value is -3.06. The number of likely N-dealkylation sites (tertiary alicyclic amines) is 1. The topological polar surface area (TPSA) is 79.0 Å². The van der Waals surface area contributed by atoms with Crippen molar-refractivity contribution in [3.8, 4) is 0 Å². The van der Waals surface area contributed by atoms with Crippen LogP contribution in [0, 0.1) is 5.92 Å². The molecule has 1 amide bonds. The average molecular weight is 461 g/mol. The molecule has 0 unspecified atom stereocenters. The molecule has 1 saturated heterocycles. The van der Waals surface area contributed by atoms with Crippen LogP contribution in [0.1, 0.15) is 65.1 Å². The number of hydrogen-bond donors (Lipinski definition) is 1. The summed E-state index contributed by atoms with van der Waals surface area (Å²) in [6, 6.07) is 7.74. The maximum absolute atomic E-state index is 12.9. The normalized spacial score (nSPS) is 14.8. The number of ketones is 1. The van der Waals surface area contributed by atoms with Gasteiger partial charge >= 0.3 is 0 Å². The predicted octanol–water partition coefficient (Wildman–Crippen LogP) is 5.86. The van der Waals surface area contributed by atoms with Crippen molar-refractivity contribution in [2.45, 2.75) is 44.9 Å². The summed E-state index contributed by atoms with van der Waals surface area (Å²) in [5, 5.41) is 2.07. The predicted molar refractivity (Wildman–Crippen MR) is 132 cm³/mol. The van der Waals surface area contributed by atoms with Crippen molar-refractivity contribution in [2.24, 2.45) is 5.92 Å². The molecule has 0 atom stereocenters. The first kappa shape index (κ1) is 21.8. The molecule has 1 aliphatic heterocycles. The lowest BCUT2D eigenvalue weighted by Gasteiger charge is -2.31. The van der Waals surface area contributed by atoms with Gasteiger partial charge in [-0.3, -0.25) is 19.6 Å². The highest BCUT2D eigenvalue weighted by Gasteiger charge is 2.24. The molecule has 6 nitrogen and oxygen atoms in total. The Morgan fingerprint density at radius 1 is 1.00 bits per heavy atom. The van der Waals surface area contributed by atoms with E-state index in [2.05, 4.69) is 15.0 Å². The number of aromatic nitrogens is 3. The van der Waals surface area contributed by atoms with Gasteiger partial charge in [-0.25, -0.2) is 0 Å². The van der Waals surface area contributed by atoms with Gasteiger partial charge in [0, 0.05) is 55.2 Å². The largest absolute Gasteiger partial charge is 0.350 e. The van der Waals surface area contributed by atoms with Gasteiger partial charge in [0.2, 0.25) is 0 Å². The summed E-state index contributed by atoms with van der Waals surface area (Å²) in [7, 11) is 0. The lowest BCUT2D eigenvalue weighted by Crippen LogP contribution is -2.38. The van der Waals surface area contributed by atoms with Crippen LogP contribution >= 0.6 is 11.3 Å². The van der Waals surface area contributed by atoms with E-state index in [1.807, 2.05) is 35.4 Å². The van der Waals surface area contributed by atoms with E-state index in [4.69, 9.17) is 0 Å². The number of thiophene rings is 1. The molecule has 0 spiro atoms. The molecule has 0 aromatic carbocycles. The third-order valence-corrected chi connectivity index (χ3v) is 7.79. The SMILES string of the molecule is O=C(CCCCCC1CCN(C(=O)c2cc3cnccc3[nH]2)CC1)c1cc2ccncc2s1. The molecule has 0 bridgehead atoms. The van der Waals surface area contributed by atoms with Crippen LogP contribution in [0.3, 0.4) is 0 Å². The first-order valence-corrected chi connectivity index (χ1v) is 12.6. The van der Waals surface area contributed by atoms with Gasteiger partial charge in [-0.05, 0) is 54.8 Å².